The topological polar surface area (TPSA) is 481 Å². The first-order chi connectivity index (χ1) is 42.0. The third kappa shape index (κ3) is 18.8. The fourth-order valence-corrected chi connectivity index (χ4v) is 11.4. The minimum atomic E-state index is -2.03. The second-order valence-electron chi connectivity index (χ2n) is 22.6. The summed E-state index contributed by atoms with van der Waals surface area (Å²) in [6, 6.07) is -2.10. The molecule has 25 atom stereocenters. The predicted octanol–water partition coefficient (Wildman–Crippen LogP) is -6.00. The summed E-state index contributed by atoms with van der Waals surface area (Å²) in [6.45, 7) is 2.10. The molecular formula is C56H91N5O27. The van der Waals surface area contributed by atoms with Crippen LogP contribution in [-0.2, 0) is 61.8 Å². The maximum atomic E-state index is 13.9. The van der Waals surface area contributed by atoms with Crippen molar-refractivity contribution in [2.24, 2.45) is 0 Å². The number of carbonyl (C=O) groups excluding carboxylic acids is 5. The normalized spacial score (nSPS) is 37.7. The molecule has 5 aliphatic heterocycles. The van der Waals surface area contributed by atoms with E-state index in [0.29, 0.717) is 12.4 Å². The molecule has 6 rings (SSSR count). The van der Waals surface area contributed by atoms with Crippen LogP contribution in [0.4, 0.5) is 0 Å². The Labute approximate surface area is 508 Å². The fraction of sp³-hybridized carbons (Fsp3) is 0.804. The van der Waals surface area contributed by atoms with Crippen molar-refractivity contribution in [3.63, 3.8) is 0 Å². The monoisotopic (exact) mass is 1270 g/mol. The number of unbranched alkanes of at least 4 members (excludes halogenated alkanes) is 8. The molecule has 32 heteroatoms. The third-order valence-corrected chi connectivity index (χ3v) is 15.9. The zero-order valence-corrected chi connectivity index (χ0v) is 49.8. The number of rotatable bonds is 30. The van der Waals surface area contributed by atoms with Crippen LogP contribution in [0.3, 0.4) is 0 Å². The minimum absolute atomic E-state index is 0.0716. The second kappa shape index (κ2) is 34.8. The number of amides is 5. The van der Waals surface area contributed by atoms with Crippen molar-refractivity contribution < 1.29 is 133 Å². The van der Waals surface area contributed by atoms with Crippen molar-refractivity contribution in [2.75, 3.05) is 39.6 Å². The average Bonchev–Trinajstić information content (AvgIpc) is 1.44. The van der Waals surface area contributed by atoms with Gasteiger partial charge in [0, 0.05) is 33.3 Å². The van der Waals surface area contributed by atoms with Gasteiger partial charge in [0.2, 0.25) is 23.6 Å². The molecule has 5 amide bonds. The Balaban J connectivity index is 1.18. The first-order valence-corrected chi connectivity index (χ1v) is 29.8. The van der Waals surface area contributed by atoms with Crippen molar-refractivity contribution in [1.29, 1.82) is 0 Å². The molecule has 5 heterocycles. The molecule has 5 fully saturated rings. The highest BCUT2D eigenvalue weighted by Crippen LogP contribution is 2.36. The molecule has 0 aliphatic carbocycles. The maximum Gasteiger partial charge on any atom is 0.251 e. The van der Waals surface area contributed by atoms with E-state index < -0.39 is 216 Å². The van der Waals surface area contributed by atoms with Crippen LogP contribution >= 0.6 is 0 Å². The lowest BCUT2D eigenvalue weighted by molar-refractivity contribution is -0.367. The Morgan fingerprint density at radius 2 is 0.761 bits per heavy atom. The van der Waals surface area contributed by atoms with Crippen LogP contribution in [0.15, 0.2) is 24.3 Å². The van der Waals surface area contributed by atoms with E-state index in [9.17, 15) is 85.3 Å². The Hall–Kier alpha value is -4.47. The number of benzene rings is 1. The molecule has 502 valence electrons. The van der Waals surface area contributed by atoms with Gasteiger partial charge in [-0.15, -0.1) is 0 Å². The Morgan fingerprint density at radius 3 is 1.15 bits per heavy atom. The highest BCUT2D eigenvalue weighted by atomic mass is 16.8. The first-order valence-electron chi connectivity index (χ1n) is 29.8. The zero-order chi connectivity index (χ0) is 64.5. The van der Waals surface area contributed by atoms with Gasteiger partial charge in [-0.1, -0.05) is 64.4 Å². The number of ether oxygens (including phenoxy) is 10. The summed E-state index contributed by atoms with van der Waals surface area (Å²) in [6.07, 6.45) is -25.8. The lowest BCUT2D eigenvalue weighted by Gasteiger charge is -2.51. The Bertz CT molecular complexity index is 2350. The summed E-state index contributed by atoms with van der Waals surface area (Å²) in [7, 11) is 0. The number of hydrogen-bond acceptors (Lipinski definition) is 27. The van der Waals surface area contributed by atoms with Gasteiger partial charge in [0.15, 0.2) is 31.5 Å². The first kappa shape index (κ1) is 72.6. The molecule has 88 heavy (non-hydrogen) atoms. The number of nitrogens with one attached hydrogen (secondary N) is 5. The van der Waals surface area contributed by atoms with Crippen molar-refractivity contribution in [1.82, 2.24) is 26.6 Å². The molecule has 0 radical (unpaired) electrons. The smallest absolute Gasteiger partial charge is 0.251 e. The van der Waals surface area contributed by atoms with E-state index >= 15 is 0 Å². The minimum Gasteiger partial charge on any atom is -0.494 e. The van der Waals surface area contributed by atoms with Crippen molar-refractivity contribution >= 4 is 29.5 Å². The van der Waals surface area contributed by atoms with Gasteiger partial charge in [-0.3, -0.25) is 24.0 Å². The van der Waals surface area contributed by atoms with Gasteiger partial charge < -0.3 is 135 Å². The van der Waals surface area contributed by atoms with Crippen molar-refractivity contribution in [3.8, 4) is 5.75 Å². The van der Waals surface area contributed by atoms with Gasteiger partial charge in [0.25, 0.3) is 5.91 Å². The van der Waals surface area contributed by atoms with Gasteiger partial charge in [-0.05, 0) is 24.6 Å². The summed E-state index contributed by atoms with van der Waals surface area (Å²) < 4.78 is 59.9. The molecule has 32 nitrogen and oxygen atoms in total. The summed E-state index contributed by atoms with van der Waals surface area (Å²) in [4.78, 5) is 64.1. The summed E-state index contributed by atoms with van der Waals surface area (Å²) in [5.74, 6) is -3.50. The third-order valence-electron chi connectivity index (χ3n) is 15.9. The molecule has 12 unspecified atom stereocenters. The Morgan fingerprint density at radius 1 is 0.420 bits per heavy atom. The van der Waals surface area contributed by atoms with Crippen LogP contribution in [0.2, 0.25) is 0 Å². The molecule has 17 N–H and O–H groups in total. The predicted molar refractivity (Wildman–Crippen MR) is 297 cm³/mol. The van der Waals surface area contributed by atoms with Gasteiger partial charge in [-0.2, -0.15) is 0 Å². The SMILES string of the molecule is CCCCCCCCCCCOc1cccc(C(=O)NC2[C@H](O[C@H]3C(O)C(NC(C)=O)C(OC4C(CO)O[C@@H](O[C@H]5C(O)C(NC(C)=O)C(OC6C(CO)O[C@@H](O)[C@@H](NC(C)=O)[C@H]6O)O[C@H]5CO)[C@@H](NC(C)=O)[C@H]4O)O[C@H]3CO)OC(CO)[C@@H](O)[C@@H]2O)c1. The van der Waals surface area contributed by atoms with Crippen LogP contribution in [0.1, 0.15) is 103 Å². The number of carbonyl (C=O) groups is 5. The molecule has 5 saturated heterocycles. The van der Waals surface area contributed by atoms with Gasteiger partial charge >= 0.3 is 0 Å². The van der Waals surface area contributed by atoms with E-state index in [-0.39, 0.29) is 5.56 Å². The standard InChI is InChI=1S/C56H91N5O27/c1-6-7-8-9-10-11-12-13-14-18-79-30-17-15-16-29(19-30)51(77)61-37-42(72)41(71)31(20-62)81-53(37)86-48-33(22-64)83-55(39(44(48)74)59-27(4)69)88-50-35(24-66)84-56(40(46(50)76)60-28(5)70)87-49-34(23-65)82-54(38(45(49)75)58-26(3)68)85-47-32(21-63)80-52(78)36(43(47)73)57-25(2)67/h15-17,19,31-50,52-56,62-66,71-76,78H,6-14,18,20-24H2,1-5H3,(H,57,67)(H,58,68)(H,59,69)(H,60,70)(H,61,77)/t31?,32?,33-,34-,35?,36-,37?,38?,39?,40-,41+,42+,43+,44?,45?,46+,47?,48+,49+,50?,52+,53-,54?,55?,56-/m0/s1. The quantitative estimate of drug-likeness (QED) is 0.0319. The maximum absolute atomic E-state index is 13.9. The van der Waals surface area contributed by atoms with Gasteiger partial charge in [0.1, 0.15) is 128 Å². The molecule has 0 bridgehead atoms. The number of aliphatic hydroxyl groups is 12. The van der Waals surface area contributed by atoms with E-state index in [1.807, 2.05) is 0 Å². The molecule has 1 aromatic carbocycles. The van der Waals surface area contributed by atoms with Crippen LogP contribution in [0.5, 0.6) is 5.75 Å². The molecular weight excluding hydrogens is 1170 g/mol. The van der Waals surface area contributed by atoms with Crippen LogP contribution < -0.4 is 31.3 Å². The average molecular weight is 1270 g/mol. The van der Waals surface area contributed by atoms with Gasteiger partial charge in [0.05, 0.1) is 39.6 Å². The number of aliphatic hydroxyl groups excluding tert-OH is 12. The molecule has 5 aliphatic rings. The highest BCUT2D eigenvalue weighted by Gasteiger charge is 2.58. The second-order valence-corrected chi connectivity index (χ2v) is 22.6. The lowest BCUT2D eigenvalue weighted by atomic mass is 9.93. The molecule has 0 aromatic heterocycles. The van der Waals surface area contributed by atoms with Crippen LogP contribution in [-0.4, -0.2) is 284 Å². The van der Waals surface area contributed by atoms with Crippen molar-refractivity contribution in [2.45, 2.75) is 246 Å². The Kier molecular flexibility index (Phi) is 28.7. The van der Waals surface area contributed by atoms with Crippen LogP contribution in [0, 0.1) is 0 Å². The summed E-state index contributed by atoms with van der Waals surface area (Å²) in [5.41, 5.74) is 0.0716. The largest absolute Gasteiger partial charge is 0.494 e. The summed E-state index contributed by atoms with van der Waals surface area (Å²) in [5, 5.41) is 145. The van der Waals surface area contributed by atoms with E-state index in [0.717, 1.165) is 53.4 Å². The fourth-order valence-electron chi connectivity index (χ4n) is 11.4. The van der Waals surface area contributed by atoms with E-state index in [4.69, 9.17) is 47.4 Å². The number of hydrogen-bond donors (Lipinski definition) is 17. The van der Waals surface area contributed by atoms with Crippen LogP contribution in [0.25, 0.3) is 0 Å². The zero-order valence-electron chi connectivity index (χ0n) is 49.8. The van der Waals surface area contributed by atoms with E-state index in [2.05, 4.69) is 33.5 Å². The lowest BCUT2D eigenvalue weighted by Crippen LogP contribution is -2.72. The van der Waals surface area contributed by atoms with E-state index in [1.54, 1.807) is 12.1 Å². The van der Waals surface area contributed by atoms with E-state index in [1.165, 1.54) is 44.2 Å². The highest BCUT2D eigenvalue weighted by molar-refractivity contribution is 5.94. The molecule has 0 saturated carbocycles. The van der Waals surface area contributed by atoms with Crippen molar-refractivity contribution in [3.05, 3.63) is 29.8 Å². The molecule has 0 spiro atoms. The summed E-state index contributed by atoms with van der Waals surface area (Å²) >= 11 is 0. The van der Waals surface area contributed by atoms with Gasteiger partial charge in [-0.25, -0.2) is 0 Å². The molecule has 1 aromatic rings.